The minimum Gasteiger partial charge on any atom is -0.504 e. The summed E-state index contributed by atoms with van der Waals surface area (Å²) in [7, 11) is 0. The van der Waals surface area contributed by atoms with Crippen molar-refractivity contribution in [3.63, 3.8) is 0 Å². The SMILES string of the molecule is O=C(O)C(O)c1cc(Br)cc(O)c1O. The summed E-state index contributed by atoms with van der Waals surface area (Å²) in [5.41, 5.74) is -0.260. The number of benzene rings is 1. The first kappa shape index (κ1) is 10.8. The van der Waals surface area contributed by atoms with Gasteiger partial charge in [-0.2, -0.15) is 0 Å². The lowest BCUT2D eigenvalue weighted by Gasteiger charge is -2.09. The van der Waals surface area contributed by atoms with E-state index in [1.807, 2.05) is 0 Å². The molecule has 1 aromatic carbocycles. The van der Waals surface area contributed by atoms with Gasteiger partial charge in [0, 0.05) is 10.0 Å². The molecular weight excluding hydrogens is 256 g/mol. The van der Waals surface area contributed by atoms with E-state index in [9.17, 15) is 9.90 Å². The summed E-state index contributed by atoms with van der Waals surface area (Å²) < 4.78 is 0.364. The van der Waals surface area contributed by atoms with Gasteiger partial charge in [-0.05, 0) is 12.1 Å². The second kappa shape index (κ2) is 3.85. The van der Waals surface area contributed by atoms with Crippen molar-refractivity contribution >= 4 is 21.9 Å². The number of carboxylic acid groups (broad SMARTS) is 1. The van der Waals surface area contributed by atoms with Crippen molar-refractivity contribution in [1.29, 1.82) is 0 Å². The molecule has 1 atom stereocenters. The van der Waals surface area contributed by atoms with Crippen LogP contribution in [0, 0.1) is 0 Å². The number of aromatic hydroxyl groups is 2. The van der Waals surface area contributed by atoms with Crippen molar-refractivity contribution < 1.29 is 25.2 Å². The zero-order valence-corrected chi connectivity index (χ0v) is 8.39. The Balaban J connectivity index is 3.26. The van der Waals surface area contributed by atoms with E-state index in [2.05, 4.69) is 15.9 Å². The Bertz CT molecular complexity index is 376. The molecule has 76 valence electrons. The van der Waals surface area contributed by atoms with Crippen LogP contribution in [0.3, 0.4) is 0 Å². The lowest BCUT2D eigenvalue weighted by Crippen LogP contribution is -2.10. The molecule has 0 bridgehead atoms. The first-order chi connectivity index (χ1) is 6.43. The summed E-state index contributed by atoms with van der Waals surface area (Å²) in [5.74, 6) is -2.63. The van der Waals surface area contributed by atoms with Crippen LogP contribution < -0.4 is 0 Å². The third-order valence-corrected chi connectivity index (χ3v) is 2.07. The van der Waals surface area contributed by atoms with Gasteiger partial charge in [0.2, 0.25) is 0 Å². The zero-order valence-electron chi connectivity index (χ0n) is 6.81. The summed E-state index contributed by atoms with van der Waals surface area (Å²) in [6.07, 6.45) is -1.86. The van der Waals surface area contributed by atoms with Crippen molar-refractivity contribution in [2.45, 2.75) is 6.10 Å². The number of phenolic OH excluding ortho intramolecular Hbond substituents is 2. The van der Waals surface area contributed by atoms with E-state index < -0.39 is 23.6 Å². The van der Waals surface area contributed by atoms with Gasteiger partial charge in [0.1, 0.15) is 0 Å². The molecule has 0 aliphatic heterocycles. The van der Waals surface area contributed by atoms with E-state index in [0.29, 0.717) is 4.47 Å². The molecule has 0 fully saturated rings. The molecule has 5 nitrogen and oxygen atoms in total. The predicted molar refractivity (Wildman–Crippen MR) is 50.1 cm³/mol. The average Bonchev–Trinajstić information content (AvgIpc) is 2.09. The number of carboxylic acids is 1. The lowest BCUT2D eigenvalue weighted by atomic mass is 10.1. The molecule has 1 rings (SSSR count). The number of phenols is 2. The maximum absolute atomic E-state index is 10.4. The minimum absolute atomic E-state index is 0.260. The predicted octanol–water partition coefficient (Wildman–Crippen LogP) is 0.978. The van der Waals surface area contributed by atoms with Crippen LogP contribution in [-0.4, -0.2) is 26.4 Å². The summed E-state index contributed by atoms with van der Waals surface area (Å²) in [6, 6.07) is 2.40. The topological polar surface area (TPSA) is 98.0 Å². The molecule has 0 radical (unpaired) electrons. The molecule has 0 aromatic heterocycles. The van der Waals surface area contributed by atoms with E-state index in [-0.39, 0.29) is 5.56 Å². The highest BCUT2D eigenvalue weighted by atomic mass is 79.9. The number of carbonyl (C=O) groups is 1. The van der Waals surface area contributed by atoms with Crippen LogP contribution in [0.25, 0.3) is 0 Å². The highest BCUT2D eigenvalue weighted by molar-refractivity contribution is 9.10. The minimum atomic E-state index is -1.86. The summed E-state index contributed by atoms with van der Waals surface area (Å²) in [4.78, 5) is 10.4. The number of aliphatic carboxylic acids is 1. The molecule has 0 heterocycles. The van der Waals surface area contributed by atoms with Crippen LogP contribution in [0.2, 0.25) is 0 Å². The maximum Gasteiger partial charge on any atom is 0.337 e. The van der Waals surface area contributed by atoms with Gasteiger partial charge in [-0.15, -0.1) is 0 Å². The first-order valence-electron chi connectivity index (χ1n) is 3.55. The van der Waals surface area contributed by atoms with Crippen LogP contribution in [0.15, 0.2) is 16.6 Å². The summed E-state index contributed by atoms with van der Waals surface area (Å²) >= 11 is 2.99. The van der Waals surface area contributed by atoms with E-state index in [0.717, 1.165) is 0 Å². The van der Waals surface area contributed by atoms with E-state index in [4.69, 9.17) is 15.3 Å². The lowest BCUT2D eigenvalue weighted by molar-refractivity contribution is -0.147. The van der Waals surface area contributed by atoms with Gasteiger partial charge in [-0.1, -0.05) is 15.9 Å². The molecule has 1 unspecified atom stereocenters. The number of aliphatic hydroxyl groups is 1. The monoisotopic (exact) mass is 262 g/mol. The van der Waals surface area contributed by atoms with Crippen LogP contribution in [0.5, 0.6) is 11.5 Å². The number of rotatable bonds is 2. The third kappa shape index (κ3) is 1.97. The molecule has 4 N–H and O–H groups in total. The van der Waals surface area contributed by atoms with Crippen molar-refractivity contribution in [3.05, 3.63) is 22.2 Å². The number of aliphatic hydroxyl groups excluding tert-OH is 1. The summed E-state index contributed by atoms with van der Waals surface area (Å²) in [5, 5.41) is 36.0. The quantitative estimate of drug-likeness (QED) is 0.596. The van der Waals surface area contributed by atoms with Crippen molar-refractivity contribution in [3.8, 4) is 11.5 Å². The van der Waals surface area contributed by atoms with Gasteiger partial charge >= 0.3 is 5.97 Å². The fourth-order valence-corrected chi connectivity index (χ4v) is 1.41. The van der Waals surface area contributed by atoms with Gasteiger partial charge < -0.3 is 20.4 Å². The van der Waals surface area contributed by atoms with Gasteiger partial charge in [0.15, 0.2) is 17.6 Å². The smallest absolute Gasteiger partial charge is 0.337 e. The Kier molecular flexibility index (Phi) is 2.97. The average molecular weight is 263 g/mol. The van der Waals surface area contributed by atoms with Crippen LogP contribution >= 0.6 is 15.9 Å². The third-order valence-electron chi connectivity index (χ3n) is 1.61. The van der Waals surface area contributed by atoms with Crippen molar-refractivity contribution in [1.82, 2.24) is 0 Å². The highest BCUT2D eigenvalue weighted by Crippen LogP contribution is 2.36. The number of hydrogen-bond donors (Lipinski definition) is 4. The Morgan fingerprint density at radius 1 is 1.36 bits per heavy atom. The largest absolute Gasteiger partial charge is 0.504 e. The van der Waals surface area contributed by atoms with E-state index in [1.165, 1.54) is 12.1 Å². The van der Waals surface area contributed by atoms with E-state index in [1.54, 1.807) is 0 Å². The second-order valence-electron chi connectivity index (χ2n) is 2.60. The molecule has 0 saturated carbocycles. The fourth-order valence-electron chi connectivity index (χ4n) is 0.947. The molecule has 0 amide bonds. The number of halogens is 1. The van der Waals surface area contributed by atoms with Crippen LogP contribution in [0.1, 0.15) is 11.7 Å². The Morgan fingerprint density at radius 3 is 2.43 bits per heavy atom. The molecule has 0 spiro atoms. The fraction of sp³-hybridized carbons (Fsp3) is 0.125. The van der Waals surface area contributed by atoms with Crippen LogP contribution in [0.4, 0.5) is 0 Å². The molecule has 0 saturated heterocycles. The zero-order chi connectivity index (χ0) is 10.9. The normalized spacial score (nSPS) is 12.4. The van der Waals surface area contributed by atoms with Crippen molar-refractivity contribution in [2.24, 2.45) is 0 Å². The molecule has 0 aliphatic rings. The van der Waals surface area contributed by atoms with Crippen LogP contribution in [-0.2, 0) is 4.79 Å². The van der Waals surface area contributed by atoms with Gasteiger partial charge in [0.05, 0.1) is 0 Å². The number of hydrogen-bond acceptors (Lipinski definition) is 4. The standard InChI is InChI=1S/C8H7BrO5/c9-3-1-4(7(12)8(13)14)6(11)5(10)2-3/h1-2,7,10-12H,(H,13,14). The molecule has 1 aromatic rings. The van der Waals surface area contributed by atoms with Crippen molar-refractivity contribution in [2.75, 3.05) is 0 Å². The molecule has 6 heteroatoms. The van der Waals surface area contributed by atoms with Gasteiger partial charge in [0.25, 0.3) is 0 Å². The molecule has 0 aliphatic carbocycles. The highest BCUT2D eigenvalue weighted by Gasteiger charge is 2.22. The molecule has 14 heavy (non-hydrogen) atoms. The van der Waals surface area contributed by atoms with E-state index >= 15 is 0 Å². The maximum atomic E-state index is 10.4. The second-order valence-corrected chi connectivity index (χ2v) is 3.52. The molecular formula is C8H7BrO5. The van der Waals surface area contributed by atoms with Gasteiger partial charge in [-0.3, -0.25) is 0 Å². The Morgan fingerprint density at radius 2 is 1.93 bits per heavy atom. The Labute approximate surface area is 87.4 Å². The summed E-state index contributed by atoms with van der Waals surface area (Å²) in [6.45, 7) is 0. The van der Waals surface area contributed by atoms with Gasteiger partial charge in [-0.25, -0.2) is 4.79 Å². The first-order valence-corrected chi connectivity index (χ1v) is 4.35. The Hall–Kier alpha value is -1.27.